The maximum Gasteiger partial charge on any atom is 0.0910 e. The highest BCUT2D eigenvalue weighted by Gasteiger charge is 2.26. The molecule has 0 bridgehead atoms. The van der Waals surface area contributed by atoms with E-state index in [-0.39, 0.29) is 6.10 Å². The molecule has 1 aliphatic carbocycles. The van der Waals surface area contributed by atoms with Gasteiger partial charge < -0.3 is 10.5 Å². The van der Waals surface area contributed by atoms with Gasteiger partial charge >= 0.3 is 0 Å². The Morgan fingerprint density at radius 2 is 2.06 bits per heavy atom. The van der Waals surface area contributed by atoms with E-state index in [4.69, 9.17) is 10.5 Å². The molecule has 0 saturated carbocycles. The molecule has 0 saturated heterocycles. The topological polar surface area (TPSA) is 35.2 Å². The Morgan fingerprint density at radius 3 is 2.72 bits per heavy atom. The highest BCUT2D eigenvalue weighted by molar-refractivity contribution is 5.43. The summed E-state index contributed by atoms with van der Waals surface area (Å²) in [6.45, 7) is 8.33. The molecule has 1 heterocycles. The molecule has 0 amide bonds. The summed E-state index contributed by atoms with van der Waals surface area (Å²) in [5.41, 5.74) is 12.1. The predicted octanol–water partition coefficient (Wildman–Crippen LogP) is 3.58. The zero-order valence-corrected chi connectivity index (χ0v) is 12.1. The van der Waals surface area contributed by atoms with Crippen molar-refractivity contribution in [2.24, 2.45) is 11.7 Å². The zero-order valence-electron chi connectivity index (χ0n) is 12.1. The Bertz CT molecular complexity index is 367. The van der Waals surface area contributed by atoms with Crippen molar-refractivity contribution in [2.45, 2.75) is 59.0 Å². The van der Waals surface area contributed by atoms with Crippen LogP contribution < -0.4 is 5.73 Å². The van der Waals surface area contributed by atoms with Crippen molar-refractivity contribution >= 4 is 0 Å². The van der Waals surface area contributed by atoms with Crippen molar-refractivity contribution in [1.82, 2.24) is 0 Å². The molecule has 2 rings (SSSR count). The lowest BCUT2D eigenvalue weighted by Crippen LogP contribution is -2.30. The Morgan fingerprint density at radius 1 is 1.28 bits per heavy atom. The van der Waals surface area contributed by atoms with Gasteiger partial charge in [-0.1, -0.05) is 19.4 Å². The van der Waals surface area contributed by atoms with Crippen LogP contribution in [0.3, 0.4) is 0 Å². The normalized spacial score (nSPS) is 27.0. The molecule has 102 valence electrons. The third-order valence-electron chi connectivity index (χ3n) is 4.68. The number of hydrogen-bond acceptors (Lipinski definition) is 2. The van der Waals surface area contributed by atoms with Crippen LogP contribution in [0.5, 0.6) is 0 Å². The molecule has 0 aromatic rings. The minimum Gasteiger partial charge on any atom is -0.372 e. The van der Waals surface area contributed by atoms with Crippen molar-refractivity contribution < 1.29 is 4.74 Å². The van der Waals surface area contributed by atoms with E-state index in [1.54, 1.807) is 16.7 Å². The molecule has 2 atom stereocenters. The van der Waals surface area contributed by atoms with Crippen LogP contribution in [-0.2, 0) is 4.74 Å². The number of ether oxygens (including phenoxy) is 1. The number of allylic oxidation sites excluding steroid dienone is 2. The molecule has 1 aliphatic heterocycles. The smallest absolute Gasteiger partial charge is 0.0910 e. The summed E-state index contributed by atoms with van der Waals surface area (Å²) in [6.07, 6.45) is 6.39. The average molecular weight is 249 g/mol. The molecule has 0 aromatic carbocycles. The van der Waals surface area contributed by atoms with E-state index in [2.05, 4.69) is 20.8 Å². The van der Waals surface area contributed by atoms with Crippen molar-refractivity contribution in [2.75, 3.05) is 13.2 Å². The fourth-order valence-electron chi connectivity index (χ4n) is 3.36. The molecule has 0 radical (unpaired) electrons. The van der Waals surface area contributed by atoms with Gasteiger partial charge in [0.2, 0.25) is 0 Å². The highest BCUT2D eigenvalue weighted by Crippen LogP contribution is 2.40. The van der Waals surface area contributed by atoms with Crippen LogP contribution in [0.4, 0.5) is 0 Å². The second kappa shape index (κ2) is 6.03. The first-order chi connectivity index (χ1) is 8.69. The van der Waals surface area contributed by atoms with Crippen LogP contribution >= 0.6 is 0 Å². The fraction of sp³-hybridized carbons (Fsp3) is 0.750. The monoisotopic (exact) mass is 249 g/mol. The van der Waals surface area contributed by atoms with Gasteiger partial charge in [0.05, 0.1) is 12.7 Å². The van der Waals surface area contributed by atoms with E-state index >= 15 is 0 Å². The first-order valence-corrected chi connectivity index (χ1v) is 7.42. The summed E-state index contributed by atoms with van der Waals surface area (Å²) in [5.74, 6) is 0.738. The van der Waals surface area contributed by atoms with Gasteiger partial charge in [0.25, 0.3) is 0 Å². The van der Waals surface area contributed by atoms with Crippen molar-refractivity contribution in [1.29, 1.82) is 0 Å². The second-order valence-corrected chi connectivity index (χ2v) is 5.67. The minimum absolute atomic E-state index is 0.153. The third kappa shape index (κ3) is 2.55. The van der Waals surface area contributed by atoms with Gasteiger partial charge in [-0.05, 0) is 61.7 Å². The Hall–Kier alpha value is -0.600. The summed E-state index contributed by atoms with van der Waals surface area (Å²) in [5, 5.41) is 0. The highest BCUT2D eigenvalue weighted by atomic mass is 16.5. The van der Waals surface area contributed by atoms with Gasteiger partial charge in [-0.3, -0.25) is 0 Å². The lowest BCUT2D eigenvalue weighted by atomic mass is 9.87. The van der Waals surface area contributed by atoms with Crippen molar-refractivity contribution in [3.05, 3.63) is 22.3 Å². The molecule has 0 aromatic heterocycles. The van der Waals surface area contributed by atoms with Gasteiger partial charge in [0.15, 0.2) is 0 Å². The summed E-state index contributed by atoms with van der Waals surface area (Å²) < 4.78 is 5.75. The van der Waals surface area contributed by atoms with Crippen LogP contribution in [0.25, 0.3) is 0 Å². The van der Waals surface area contributed by atoms with Crippen LogP contribution in [0.15, 0.2) is 22.3 Å². The molecule has 2 aliphatic rings. The standard InChI is InChI=1S/C16H27NO/c1-4-11(2)13-6-5-7-15(13)14-8-9-18-16(10-17)12(14)3/h11,16H,4-10,17H2,1-3H3. The van der Waals surface area contributed by atoms with Gasteiger partial charge in [-0.25, -0.2) is 0 Å². The Balaban J connectivity index is 2.34. The predicted molar refractivity (Wildman–Crippen MR) is 76.4 cm³/mol. The zero-order chi connectivity index (χ0) is 13.1. The lowest BCUT2D eigenvalue weighted by molar-refractivity contribution is 0.0736. The quantitative estimate of drug-likeness (QED) is 0.826. The van der Waals surface area contributed by atoms with E-state index in [0.717, 1.165) is 18.9 Å². The molecule has 2 unspecified atom stereocenters. The Kier molecular flexibility index (Phi) is 4.63. The SMILES string of the molecule is CCC(C)C1=C(C2=C(C)C(CN)OCC2)CCC1. The summed E-state index contributed by atoms with van der Waals surface area (Å²) in [4.78, 5) is 0. The first-order valence-electron chi connectivity index (χ1n) is 7.42. The third-order valence-corrected chi connectivity index (χ3v) is 4.68. The van der Waals surface area contributed by atoms with E-state index in [1.807, 2.05) is 0 Å². The van der Waals surface area contributed by atoms with E-state index in [9.17, 15) is 0 Å². The van der Waals surface area contributed by atoms with Crippen LogP contribution in [0, 0.1) is 5.92 Å². The minimum atomic E-state index is 0.153. The van der Waals surface area contributed by atoms with Gasteiger partial charge in [-0.2, -0.15) is 0 Å². The van der Waals surface area contributed by atoms with E-state index in [0.29, 0.717) is 6.54 Å². The van der Waals surface area contributed by atoms with Gasteiger partial charge in [0.1, 0.15) is 0 Å². The maximum atomic E-state index is 5.80. The molecular weight excluding hydrogens is 222 g/mol. The Labute approximate surface area is 111 Å². The van der Waals surface area contributed by atoms with Gasteiger partial charge in [-0.15, -0.1) is 0 Å². The van der Waals surface area contributed by atoms with E-state index in [1.165, 1.54) is 31.3 Å². The van der Waals surface area contributed by atoms with Crippen LogP contribution in [-0.4, -0.2) is 19.3 Å². The summed E-state index contributed by atoms with van der Waals surface area (Å²) >= 11 is 0. The van der Waals surface area contributed by atoms with Gasteiger partial charge in [0, 0.05) is 6.54 Å². The second-order valence-electron chi connectivity index (χ2n) is 5.67. The summed E-state index contributed by atoms with van der Waals surface area (Å²) in [7, 11) is 0. The number of rotatable bonds is 4. The lowest BCUT2D eigenvalue weighted by Gasteiger charge is -2.28. The van der Waals surface area contributed by atoms with Crippen molar-refractivity contribution in [3.8, 4) is 0 Å². The number of hydrogen-bond donors (Lipinski definition) is 1. The maximum absolute atomic E-state index is 5.80. The largest absolute Gasteiger partial charge is 0.372 e. The first kappa shape index (κ1) is 13.8. The van der Waals surface area contributed by atoms with E-state index < -0.39 is 0 Å². The molecule has 0 fully saturated rings. The molecule has 18 heavy (non-hydrogen) atoms. The molecule has 2 heteroatoms. The molecule has 2 nitrogen and oxygen atoms in total. The average Bonchev–Trinajstić information content (AvgIpc) is 2.87. The fourth-order valence-corrected chi connectivity index (χ4v) is 3.36. The molecular formula is C16H27NO. The van der Waals surface area contributed by atoms with Crippen LogP contribution in [0.1, 0.15) is 52.9 Å². The molecule has 2 N–H and O–H groups in total. The number of nitrogens with two attached hydrogens (primary N) is 1. The summed E-state index contributed by atoms with van der Waals surface area (Å²) in [6, 6.07) is 0. The molecule has 0 spiro atoms. The van der Waals surface area contributed by atoms with Crippen LogP contribution in [0.2, 0.25) is 0 Å². The van der Waals surface area contributed by atoms with Crippen molar-refractivity contribution in [3.63, 3.8) is 0 Å².